The van der Waals surface area contributed by atoms with Crippen LogP contribution >= 0.6 is 23.1 Å². The molecule has 1 aromatic carbocycles. The lowest BCUT2D eigenvalue weighted by Crippen LogP contribution is -1.97. The van der Waals surface area contributed by atoms with Gasteiger partial charge in [-0.1, -0.05) is 48.2 Å². The molecule has 0 saturated carbocycles. The lowest BCUT2D eigenvalue weighted by molar-refractivity contribution is 1.01. The highest BCUT2D eigenvalue weighted by Gasteiger charge is 2.11. The number of anilines is 2. The number of nitriles is 1. The summed E-state index contributed by atoms with van der Waals surface area (Å²) in [6.07, 6.45) is 0.968. The molecule has 6 heteroatoms. The van der Waals surface area contributed by atoms with Gasteiger partial charge < -0.3 is 5.32 Å². The Bertz CT molecular complexity index is 630. The van der Waals surface area contributed by atoms with Crippen LogP contribution in [0.15, 0.2) is 22.5 Å². The largest absolute Gasteiger partial charge is 0.330 e. The second-order valence-corrected chi connectivity index (χ2v) is 6.92. The van der Waals surface area contributed by atoms with Gasteiger partial charge in [-0.15, -0.1) is 10.2 Å². The maximum absolute atomic E-state index is 8.81. The Balaban J connectivity index is 2.17. The summed E-state index contributed by atoms with van der Waals surface area (Å²) in [6, 6.07) is 8.44. The van der Waals surface area contributed by atoms with Crippen LogP contribution in [0.3, 0.4) is 0 Å². The van der Waals surface area contributed by atoms with Gasteiger partial charge in [0.15, 0.2) is 4.34 Å². The predicted molar refractivity (Wildman–Crippen MR) is 84.7 cm³/mol. The van der Waals surface area contributed by atoms with Gasteiger partial charge in [0.2, 0.25) is 5.13 Å². The number of benzene rings is 1. The molecule has 4 nitrogen and oxygen atoms in total. The number of hydrogen-bond donors (Lipinski definition) is 1. The summed E-state index contributed by atoms with van der Waals surface area (Å²) in [5, 5.41) is 21.1. The van der Waals surface area contributed by atoms with Gasteiger partial charge in [0.25, 0.3) is 0 Å². The molecule has 0 aliphatic heterocycles. The van der Waals surface area contributed by atoms with Crippen LogP contribution in [0.2, 0.25) is 0 Å². The monoisotopic (exact) mass is 304 g/mol. The van der Waals surface area contributed by atoms with E-state index in [0.717, 1.165) is 21.6 Å². The molecule has 0 aliphatic carbocycles. The summed E-state index contributed by atoms with van der Waals surface area (Å²) in [4.78, 5) is 0. The summed E-state index contributed by atoms with van der Waals surface area (Å²) < 4.78 is 0.813. The summed E-state index contributed by atoms with van der Waals surface area (Å²) in [5.41, 5.74) is 3.56. The van der Waals surface area contributed by atoms with E-state index in [9.17, 15) is 0 Å². The second kappa shape index (κ2) is 6.73. The van der Waals surface area contributed by atoms with Crippen molar-refractivity contribution in [1.29, 1.82) is 5.26 Å². The highest BCUT2D eigenvalue weighted by atomic mass is 32.2. The van der Waals surface area contributed by atoms with E-state index < -0.39 is 0 Å². The van der Waals surface area contributed by atoms with E-state index in [1.165, 1.54) is 34.2 Å². The molecule has 1 heterocycles. The first-order chi connectivity index (χ1) is 9.63. The minimum absolute atomic E-state index is 0.111. The smallest absolute Gasteiger partial charge is 0.210 e. The van der Waals surface area contributed by atoms with Gasteiger partial charge in [0, 0.05) is 5.69 Å². The molecule has 0 amide bonds. The van der Waals surface area contributed by atoms with Crippen molar-refractivity contribution in [2.45, 2.75) is 36.8 Å². The molecular formula is C14H16N4S2. The van der Waals surface area contributed by atoms with Gasteiger partial charge >= 0.3 is 0 Å². The predicted octanol–water partition coefficient (Wildman–Crippen LogP) is 4.16. The molecule has 0 bridgehead atoms. The molecule has 1 N–H and O–H groups in total. The minimum Gasteiger partial charge on any atom is -0.330 e. The van der Waals surface area contributed by atoms with Gasteiger partial charge in [-0.3, -0.25) is 0 Å². The highest BCUT2D eigenvalue weighted by Crippen LogP contribution is 2.32. The van der Waals surface area contributed by atoms with Crippen LogP contribution < -0.4 is 5.32 Å². The van der Waals surface area contributed by atoms with E-state index in [4.69, 9.17) is 5.26 Å². The normalized spacial score (nSPS) is 11.9. The van der Waals surface area contributed by atoms with E-state index in [0.29, 0.717) is 0 Å². The fourth-order valence-electron chi connectivity index (χ4n) is 1.79. The van der Waals surface area contributed by atoms with Crippen molar-refractivity contribution in [2.75, 3.05) is 5.32 Å². The van der Waals surface area contributed by atoms with Gasteiger partial charge in [-0.2, -0.15) is 5.26 Å². The summed E-state index contributed by atoms with van der Waals surface area (Å²) in [5.74, 6) is 0. The fraction of sp³-hybridized carbons (Fsp3) is 0.357. The van der Waals surface area contributed by atoms with E-state index >= 15 is 0 Å². The SMILES string of the molecule is CCc1cccc(C)c1Nc1nnc(SC(C)C#N)s1. The van der Waals surface area contributed by atoms with Gasteiger partial charge in [-0.05, 0) is 31.4 Å². The minimum atomic E-state index is -0.111. The number of nitrogens with one attached hydrogen (secondary N) is 1. The average molecular weight is 304 g/mol. The Kier molecular flexibility index (Phi) is 4.99. The topological polar surface area (TPSA) is 61.6 Å². The quantitative estimate of drug-likeness (QED) is 0.840. The molecule has 0 aliphatic rings. The molecule has 1 unspecified atom stereocenters. The van der Waals surface area contributed by atoms with E-state index in [1.807, 2.05) is 6.92 Å². The van der Waals surface area contributed by atoms with Gasteiger partial charge in [0.1, 0.15) is 0 Å². The van der Waals surface area contributed by atoms with Crippen LogP contribution in [0.1, 0.15) is 25.0 Å². The molecule has 0 fully saturated rings. The van der Waals surface area contributed by atoms with Crippen molar-refractivity contribution in [3.8, 4) is 6.07 Å². The third-order valence-electron chi connectivity index (χ3n) is 2.84. The van der Waals surface area contributed by atoms with E-state index in [1.54, 1.807) is 0 Å². The Labute approximate surface area is 127 Å². The fourth-order valence-corrected chi connectivity index (χ4v) is 3.58. The van der Waals surface area contributed by atoms with Crippen molar-refractivity contribution >= 4 is 33.9 Å². The first kappa shape index (κ1) is 14.8. The Hall–Kier alpha value is -1.58. The zero-order chi connectivity index (χ0) is 14.5. The van der Waals surface area contributed by atoms with Crippen molar-refractivity contribution in [3.63, 3.8) is 0 Å². The second-order valence-electron chi connectivity index (χ2n) is 4.35. The van der Waals surface area contributed by atoms with Gasteiger partial charge in [0.05, 0.1) is 11.3 Å². The molecule has 104 valence electrons. The molecule has 2 rings (SSSR count). The van der Waals surface area contributed by atoms with Crippen molar-refractivity contribution in [2.24, 2.45) is 0 Å². The van der Waals surface area contributed by atoms with Crippen molar-refractivity contribution in [1.82, 2.24) is 10.2 Å². The van der Waals surface area contributed by atoms with E-state index in [-0.39, 0.29) is 5.25 Å². The Morgan fingerprint density at radius 1 is 1.45 bits per heavy atom. The van der Waals surface area contributed by atoms with E-state index in [2.05, 4.69) is 53.6 Å². The Morgan fingerprint density at radius 2 is 2.25 bits per heavy atom. The van der Waals surface area contributed by atoms with Crippen molar-refractivity contribution < 1.29 is 0 Å². The molecular weight excluding hydrogens is 288 g/mol. The maximum atomic E-state index is 8.81. The zero-order valence-electron chi connectivity index (χ0n) is 11.7. The average Bonchev–Trinajstić information content (AvgIpc) is 2.88. The number of aryl methyl sites for hydroxylation is 2. The molecule has 1 atom stereocenters. The summed E-state index contributed by atoms with van der Waals surface area (Å²) >= 11 is 2.91. The van der Waals surface area contributed by atoms with Crippen LogP contribution in [0, 0.1) is 18.3 Å². The number of nitrogens with zero attached hydrogens (tertiary/aromatic N) is 3. The molecule has 0 spiro atoms. The van der Waals surface area contributed by atoms with Crippen LogP contribution in [0.4, 0.5) is 10.8 Å². The summed E-state index contributed by atoms with van der Waals surface area (Å²) in [6.45, 7) is 6.07. The van der Waals surface area contributed by atoms with Crippen LogP contribution in [0.5, 0.6) is 0 Å². The highest BCUT2D eigenvalue weighted by molar-refractivity contribution is 8.01. The number of aromatic nitrogens is 2. The first-order valence-electron chi connectivity index (χ1n) is 6.39. The number of thioether (sulfide) groups is 1. The standard InChI is InChI=1S/C14H16N4S2/c1-4-11-7-5-6-9(2)12(11)16-13-17-18-14(20-13)19-10(3)8-15/h5-7,10H,4H2,1-3H3,(H,16,17). The molecule has 1 aromatic heterocycles. The van der Waals surface area contributed by atoms with Crippen LogP contribution in [-0.2, 0) is 6.42 Å². The molecule has 0 radical (unpaired) electrons. The number of para-hydroxylation sites is 1. The van der Waals surface area contributed by atoms with Crippen LogP contribution in [0.25, 0.3) is 0 Å². The maximum Gasteiger partial charge on any atom is 0.210 e. The summed E-state index contributed by atoms with van der Waals surface area (Å²) in [7, 11) is 0. The zero-order valence-corrected chi connectivity index (χ0v) is 13.3. The lowest BCUT2D eigenvalue weighted by Gasteiger charge is -2.11. The molecule has 20 heavy (non-hydrogen) atoms. The third-order valence-corrected chi connectivity index (χ3v) is 4.75. The van der Waals surface area contributed by atoms with Gasteiger partial charge in [-0.25, -0.2) is 0 Å². The van der Waals surface area contributed by atoms with Crippen LogP contribution in [-0.4, -0.2) is 15.4 Å². The Morgan fingerprint density at radius 3 is 2.95 bits per heavy atom. The molecule has 2 aromatic rings. The number of hydrogen-bond acceptors (Lipinski definition) is 6. The number of rotatable bonds is 5. The first-order valence-corrected chi connectivity index (χ1v) is 8.09. The molecule has 0 saturated heterocycles. The van der Waals surface area contributed by atoms with Crippen molar-refractivity contribution in [3.05, 3.63) is 29.3 Å². The third kappa shape index (κ3) is 3.50. The lowest BCUT2D eigenvalue weighted by atomic mass is 10.1.